The second-order valence-corrected chi connectivity index (χ2v) is 2.94. The number of aromatic nitrogens is 2. The SMILES string of the molecule is O=C(O)c1ccc(C(=O)NCCCO)nn1. The Bertz CT molecular complexity index is 377. The van der Waals surface area contributed by atoms with Crippen molar-refractivity contribution in [3.63, 3.8) is 0 Å². The quantitative estimate of drug-likeness (QED) is 0.570. The number of nitrogens with zero attached hydrogens (tertiary/aromatic N) is 2. The molecule has 0 aliphatic rings. The normalized spacial score (nSPS) is 9.81. The summed E-state index contributed by atoms with van der Waals surface area (Å²) in [6.07, 6.45) is 0.451. The highest BCUT2D eigenvalue weighted by Gasteiger charge is 2.09. The first kappa shape index (κ1) is 12.1. The van der Waals surface area contributed by atoms with E-state index in [2.05, 4.69) is 15.5 Å². The molecule has 1 aromatic heterocycles. The van der Waals surface area contributed by atoms with Crippen molar-refractivity contribution in [2.45, 2.75) is 6.42 Å². The zero-order valence-corrected chi connectivity index (χ0v) is 8.38. The van der Waals surface area contributed by atoms with Crippen LogP contribution in [0.5, 0.6) is 0 Å². The van der Waals surface area contributed by atoms with Crippen LogP contribution >= 0.6 is 0 Å². The zero-order valence-electron chi connectivity index (χ0n) is 8.38. The van der Waals surface area contributed by atoms with Crippen molar-refractivity contribution < 1.29 is 19.8 Å². The Morgan fingerprint density at radius 3 is 2.38 bits per heavy atom. The number of rotatable bonds is 5. The molecule has 0 atom stereocenters. The van der Waals surface area contributed by atoms with Gasteiger partial charge in [0.15, 0.2) is 11.4 Å². The van der Waals surface area contributed by atoms with Gasteiger partial charge in [-0.1, -0.05) is 0 Å². The van der Waals surface area contributed by atoms with Crippen LogP contribution in [0.1, 0.15) is 27.4 Å². The van der Waals surface area contributed by atoms with Gasteiger partial charge in [0.2, 0.25) is 0 Å². The smallest absolute Gasteiger partial charge is 0.356 e. The Kier molecular flexibility index (Phi) is 4.34. The van der Waals surface area contributed by atoms with Crippen LogP contribution in [0.4, 0.5) is 0 Å². The molecular weight excluding hydrogens is 214 g/mol. The molecule has 0 saturated carbocycles. The number of carboxylic acids is 1. The molecule has 0 spiro atoms. The molecule has 3 N–H and O–H groups in total. The third-order valence-corrected chi connectivity index (χ3v) is 1.74. The van der Waals surface area contributed by atoms with Gasteiger partial charge in [0.25, 0.3) is 5.91 Å². The van der Waals surface area contributed by atoms with Crippen LogP contribution in [-0.2, 0) is 0 Å². The second kappa shape index (κ2) is 5.76. The van der Waals surface area contributed by atoms with Gasteiger partial charge in [0.1, 0.15) is 0 Å². The molecule has 1 amide bonds. The van der Waals surface area contributed by atoms with Crippen molar-refractivity contribution in [1.82, 2.24) is 15.5 Å². The van der Waals surface area contributed by atoms with E-state index in [1.54, 1.807) is 0 Å². The molecule has 0 aliphatic carbocycles. The lowest BCUT2D eigenvalue weighted by Gasteiger charge is -2.02. The molecule has 0 fully saturated rings. The van der Waals surface area contributed by atoms with Crippen LogP contribution in [0.15, 0.2) is 12.1 Å². The van der Waals surface area contributed by atoms with Crippen molar-refractivity contribution in [2.75, 3.05) is 13.2 Å². The first-order chi connectivity index (χ1) is 7.65. The van der Waals surface area contributed by atoms with E-state index in [9.17, 15) is 9.59 Å². The first-order valence-corrected chi connectivity index (χ1v) is 4.61. The monoisotopic (exact) mass is 225 g/mol. The lowest BCUT2D eigenvalue weighted by molar-refractivity contribution is 0.0688. The van der Waals surface area contributed by atoms with E-state index in [1.807, 2.05) is 0 Å². The van der Waals surface area contributed by atoms with E-state index in [0.29, 0.717) is 13.0 Å². The van der Waals surface area contributed by atoms with Gasteiger partial charge >= 0.3 is 5.97 Å². The summed E-state index contributed by atoms with van der Waals surface area (Å²) in [4.78, 5) is 21.8. The molecule has 7 heteroatoms. The summed E-state index contributed by atoms with van der Waals surface area (Å²) >= 11 is 0. The Balaban J connectivity index is 2.59. The number of aromatic carboxylic acids is 1. The van der Waals surface area contributed by atoms with Crippen LogP contribution in [0, 0.1) is 0 Å². The number of carbonyl (C=O) groups excluding carboxylic acids is 1. The molecule has 1 heterocycles. The van der Waals surface area contributed by atoms with Crippen molar-refractivity contribution in [2.24, 2.45) is 0 Å². The van der Waals surface area contributed by atoms with Crippen molar-refractivity contribution in [1.29, 1.82) is 0 Å². The van der Waals surface area contributed by atoms with Crippen LogP contribution in [0.3, 0.4) is 0 Å². The van der Waals surface area contributed by atoms with Gasteiger partial charge in [-0.3, -0.25) is 4.79 Å². The topological polar surface area (TPSA) is 112 Å². The minimum Gasteiger partial charge on any atom is -0.476 e. The molecule has 0 radical (unpaired) electrons. The number of hydrogen-bond donors (Lipinski definition) is 3. The summed E-state index contributed by atoms with van der Waals surface area (Å²) in [5, 5.41) is 26.4. The average molecular weight is 225 g/mol. The summed E-state index contributed by atoms with van der Waals surface area (Å²) in [6, 6.07) is 2.49. The zero-order chi connectivity index (χ0) is 12.0. The van der Waals surface area contributed by atoms with E-state index < -0.39 is 11.9 Å². The number of carbonyl (C=O) groups is 2. The lowest BCUT2D eigenvalue weighted by Crippen LogP contribution is -2.26. The number of aliphatic hydroxyl groups is 1. The second-order valence-electron chi connectivity index (χ2n) is 2.94. The first-order valence-electron chi connectivity index (χ1n) is 4.61. The molecule has 1 rings (SSSR count). The standard InChI is InChI=1S/C9H11N3O4/c13-5-1-4-10-8(14)6-2-3-7(9(15)16)12-11-6/h2-3,13H,1,4-5H2,(H,10,14)(H,15,16). The number of hydrogen-bond acceptors (Lipinski definition) is 5. The lowest BCUT2D eigenvalue weighted by atomic mass is 10.3. The Morgan fingerprint density at radius 2 is 1.88 bits per heavy atom. The van der Waals surface area contributed by atoms with Gasteiger partial charge < -0.3 is 15.5 Å². The molecule has 7 nitrogen and oxygen atoms in total. The van der Waals surface area contributed by atoms with Crippen molar-refractivity contribution >= 4 is 11.9 Å². The largest absolute Gasteiger partial charge is 0.476 e. The Morgan fingerprint density at radius 1 is 1.25 bits per heavy atom. The van der Waals surface area contributed by atoms with E-state index in [-0.39, 0.29) is 18.0 Å². The van der Waals surface area contributed by atoms with E-state index in [0.717, 1.165) is 0 Å². The highest BCUT2D eigenvalue weighted by atomic mass is 16.4. The minimum absolute atomic E-state index is 0.0100. The van der Waals surface area contributed by atoms with Gasteiger partial charge in [-0.15, -0.1) is 10.2 Å². The van der Waals surface area contributed by atoms with Gasteiger partial charge in [-0.05, 0) is 18.6 Å². The van der Waals surface area contributed by atoms with Gasteiger partial charge in [-0.2, -0.15) is 0 Å². The van der Waals surface area contributed by atoms with Gasteiger partial charge in [0.05, 0.1) is 0 Å². The fourth-order valence-corrected chi connectivity index (χ4v) is 0.939. The molecule has 0 saturated heterocycles. The molecule has 0 aliphatic heterocycles. The summed E-state index contributed by atoms with van der Waals surface area (Å²) in [6.45, 7) is 0.321. The van der Waals surface area contributed by atoms with E-state index >= 15 is 0 Å². The molecule has 16 heavy (non-hydrogen) atoms. The third-order valence-electron chi connectivity index (χ3n) is 1.74. The number of carboxylic acid groups (broad SMARTS) is 1. The molecule has 0 unspecified atom stereocenters. The maximum atomic E-state index is 11.4. The number of aliphatic hydroxyl groups excluding tert-OH is 1. The van der Waals surface area contributed by atoms with E-state index in [1.165, 1.54) is 12.1 Å². The fraction of sp³-hybridized carbons (Fsp3) is 0.333. The van der Waals surface area contributed by atoms with Crippen LogP contribution in [0.2, 0.25) is 0 Å². The average Bonchev–Trinajstić information content (AvgIpc) is 2.29. The fourth-order valence-electron chi connectivity index (χ4n) is 0.939. The van der Waals surface area contributed by atoms with Crippen molar-refractivity contribution in [3.05, 3.63) is 23.5 Å². The number of amides is 1. The maximum Gasteiger partial charge on any atom is 0.356 e. The molecule has 86 valence electrons. The van der Waals surface area contributed by atoms with Crippen molar-refractivity contribution in [3.8, 4) is 0 Å². The van der Waals surface area contributed by atoms with E-state index in [4.69, 9.17) is 10.2 Å². The van der Waals surface area contributed by atoms with Crippen LogP contribution < -0.4 is 5.32 Å². The predicted molar refractivity (Wildman–Crippen MR) is 53.0 cm³/mol. The highest BCUT2D eigenvalue weighted by molar-refractivity contribution is 5.92. The third kappa shape index (κ3) is 3.28. The van der Waals surface area contributed by atoms with Gasteiger partial charge in [0, 0.05) is 13.2 Å². The predicted octanol–water partition coefficient (Wildman–Crippen LogP) is -0.713. The molecule has 0 aromatic carbocycles. The Labute approximate surface area is 91.1 Å². The number of nitrogens with one attached hydrogen (secondary N) is 1. The minimum atomic E-state index is -1.19. The highest BCUT2D eigenvalue weighted by Crippen LogP contribution is 1.96. The van der Waals surface area contributed by atoms with Crippen LogP contribution in [0.25, 0.3) is 0 Å². The molecule has 1 aromatic rings. The maximum absolute atomic E-state index is 11.4. The Hall–Kier alpha value is -2.02. The van der Waals surface area contributed by atoms with Crippen LogP contribution in [-0.4, -0.2) is 45.4 Å². The summed E-state index contributed by atoms with van der Waals surface area (Å²) in [7, 11) is 0. The summed E-state index contributed by atoms with van der Waals surface area (Å²) in [5.41, 5.74) is -0.171. The summed E-state index contributed by atoms with van der Waals surface area (Å²) < 4.78 is 0. The summed E-state index contributed by atoms with van der Waals surface area (Å²) in [5.74, 6) is -1.64. The molecule has 0 bridgehead atoms. The van der Waals surface area contributed by atoms with Gasteiger partial charge in [-0.25, -0.2) is 4.79 Å². The molecular formula is C9H11N3O4.